The second-order valence-electron chi connectivity index (χ2n) is 4.41. The molecular formula is C11H12F3N3O2. The van der Waals surface area contributed by atoms with Crippen molar-refractivity contribution in [3.05, 3.63) is 17.8 Å². The van der Waals surface area contributed by atoms with Crippen molar-refractivity contribution in [3.8, 4) is 0 Å². The number of nitrogens with zero attached hydrogens (tertiary/aromatic N) is 2. The van der Waals surface area contributed by atoms with Gasteiger partial charge >= 0.3 is 12.1 Å². The third kappa shape index (κ3) is 3.27. The van der Waals surface area contributed by atoms with Gasteiger partial charge in [0.15, 0.2) is 0 Å². The standard InChI is InChI=1S/C11H12F3N3O2/c12-11(13,14)5-17(6-1-2-6)9-3-7(10(18)19)8(15)4-16-9/h3-4,6H,1-2,5,15H2,(H,18,19). The number of hydrogen-bond acceptors (Lipinski definition) is 4. The number of alkyl halides is 3. The molecule has 0 aliphatic heterocycles. The summed E-state index contributed by atoms with van der Waals surface area (Å²) in [7, 11) is 0. The van der Waals surface area contributed by atoms with Crippen LogP contribution in [0, 0.1) is 0 Å². The highest BCUT2D eigenvalue weighted by Crippen LogP contribution is 2.34. The van der Waals surface area contributed by atoms with Crippen LogP contribution < -0.4 is 10.6 Å². The molecule has 3 N–H and O–H groups in total. The lowest BCUT2D eigenvalue weighted by atomic mass is 10.2. The number of nitrogens with two attached hydrogens (primary N) is 1. The monoisotopic (exact) mass is 275 g/mol. The Morgan fingerprint density at radius 2 is 2.16 bits per heavy atom. The largest absolute Gasteiger partial charge is 0.478 e. The first-order valence-electron chi connectivity index (χ1n) is 5.60. The van der Waals surface area contributed by atoms with Crippen LogP contribution in [0.2, 0.25) is 0 Å². The van der Waals surface area contributed by atoms with Crippen molar-refractivity contribution < 1.29 is 23.1 Å². The van der Waals surface area contributed by atoms with Crippen molar-refractivity contribution in [2.75, 3.05) is 17.2 Å². The minimum atomic E-state index is -4.37. The molecule has 19 heavy (non-hydrogen) atoms. The van der Waals surface area contributed by atoms with Gasteiger partial charge in [0.25, 0.3) is 0 Å². The number of carbonyl (C=O) groups is 1. The highest BCUT2D eigenvalue weighted by atomic mass is 19.4. The van der Waals surface area contributed by atoms with E-state index in [1.165, 1.54) is 0 Å². The van der Waals surface area contributed by atoms with E-state index in [0.717, 1.165) is 17.2 Å². The first kappa shape index (κ1) is 13.4. The summed E-state index contributed by atoms with van der Waals surface area (Å²) >= 11 is 0. The van der Waals surface area contributed by atoms with Crippen LogP contribution in [-0.4, -0.2) is 34.8 Å². The molecule has 0 saturated heterocycles. The van der Waals surface area contributed by atoms with Gasteiger partial charge in [-0.25, -0.2) is 9.78 Å². The summed E-state index contributed by atoms with van der Waals surface area (Å²) in [6.07, 6.45) is -2.01. The summed E-state index contributed by atoms with van der Waals surface area (Å²) in [4.78, 5) is 15.8. The van der Waals surface area contributed by atoms with Gasteiger partial charge in [-0.2, -0.15) is 13.2 Å². The zero-order valence-corrected chi connectivity index (χ0v) is 9.81. The number of rotatable bonds is 4. The van der Waals surface area contributed by atoms with Crippen LogP contribution in [0.1, 0.15) is 23.2 Å². The average Bonchev–Trinajstić information content (AvgIpc) is 3.09. The third-order valence-electron chi connectivity index (χ3n) is 2.78. The molecular weight excluding hydrogens is 263 g/mol. The van der Waals surface area contributed by atoms with Gasteiger partial charge in [-0.05, 0) is 18.9 Å². The second kappa shape index (κ2) is 4.60. The lowest BCUT2D eigenvalue weighted by Gasteiger charge is -2.25. The Labute approximate surface area is 106 Å². The summed E-state index contributed by atoms with van der Waals surface area (Å²) in [5, 5.41) is 8.91. The summed E-state index contributed by atoms with van der Waals surface area (Å²) in [5.41, 5.74) is 5.12. The number of aromatic nitrogens is 1. The third-order valence-corrected chi connectivity index (χ3v) is 2.78. The van der Waals surface area contributed by atoms with E-state index in [1.54, 1.807) is 0 Å². The molecule has 0 radical (unpaired) electrons. The molecule has 0 spiro atoms. The fourth-order valence-electron chi connectivity index (χ4n) is 1.77. The fourth-order valence-corrected chi connectivity index (χ4v) is 1.77. The molecule has 1 heterocycles. The number of hydrogen-bond donors (Lipinski definition) is 2. The first-order valence-corrected chi connectivity index (χ1v) is 5.60. The Hall–Kier alpha value is -1.99. The number of anilines is 2. The summed E-state index contributed by atoms with van der Waals surface area (Å²) < 4.78 is 37.5. The number of aromatic carboxylic acids is 1. The zero-order valence-electron chi connectivity index (χ0n) is 9.81. The van der Waals surface area contributed by atoms with Crippen LogP contribution in [-0.2, 0) is 0 Å². The molecule has 1 saturated carbocycles. The van der Waals surface area contributed by atoms with Gasteiger partial charge < -0.3 is 15.7 Å². The smallest absolute Gasteiger partial charge is 0.405 e. The molecule has 0 bridgehead atoms. The summed E-state index contributed by atoms with van der Waals surface area (Å²) in [6.45, 7) is -1.15. The fraction of sp³-hybridized carbons (Fsp3) is 0.455. The maximum Gasteiger partial charge on any atom is 0.405 e. The number of carboxylic acids is 1. The number of halogens is 3. The maximum absolute atomic E-state index is 12.5. The van der Waals surface area contributed by atoms with E-state index in [9.17, 15) is 18.0 Å². The van der Waals surface area contributed by atoms with E-state index >= 15 is 0 Å². The van der Waals surface area contributed by atoms with Crippen LogP contribution in [0.3, 0.4) is 0 Å². The van der Waals surface area contributed by atoms with Crippen molar-refractivity contribution in [1.82, 2.24) is 4.98 Å². The molecule has 8 heteroatoms. The molecule has 1 aromatic heterocycles. The van der Waals surface area contributed by atoms with E-state index in [0.29, 0.717) is 12.8 Å². The van der Waals surface area contributed by atoms with Crippen molar-refractivity contribution in [2.24, 2.45) is 0 Å². The van der Waals surface area contributed by atoms with Crippen LogP contribution in [0.5, 0.6) is 0 Å². The Morgan fingerprint density at radius 1 is 1.53 bits per heavy atom. The predicted molar refractivity (Wildman–Crippen MR) is 62.0 cm³/mol. The Kier molecular flexibility index (Phi) is 3.25. The van der Waals surface area contributed by atoms with Gasteiger partial charge in [-0.1, -0.05) is 0 Å². The molecule has 0 aromatic carbocycles. The van der Waals surface area contributed by atoms with Crippen molar-refractivity contribution in [2.45, 2.75) is 25.1 Å². The minimum Gasteiger partial charge on any atom is -0.478 e. The molecule has 0 atom stereocenters. The normalized spacial score (nSPS) is 15.3. The van der Waals surface area contributed by atoms with E-state index in [2.05, 4.69) is 4.98 Å². The highest BCUT2D eigenvalue weighted by Gasteiger charge is 2.39. The Balaban J connectivity index is 2.32. The minimum absolute atomic E-state index is 0.00794. The quantitative estimate of drug-likeness (QED) is 0.877. The van der Waals surface area contributed by atoms with E-state index in [1.807, 2.05) is 0 Å². The van der Waals surface area contributed by atoms with E-state index < -0.39 is 18.7 Å². The molecule has 5 nitrogen and oxygen atoms in total. The topological polar surface area (TPSA) is 79.5 Å². The van der Waals surface area contributed by atoms with Crippen molar-refractivity contribution in [1.29, 1.82) is 0 Å². The van der Waals surface area contributed by atoms with Crippen molar-refractivity contribution >= 4 is 17.5 Å². The molecule has 1 fully saturated rings. The van der Waals surface area contributed by atoms with Crippen LogP contribution in [0.25, 0.3) is 0 Å². The lowest BCUT2D eigenvalue weighted by molar-refractivity contribution is -0.120. The first-order chi connectivity index (χ1) is 8.78. The van der Waals surface area contributed by atoms with Gasteiger partial charge in [0.05, 0.1) is 17.4 Å². The molecule has 104 valence electrons. The predicted octanol–water partition coefficient (Wildman–Crippen LogP) is 1.89. The van der Waals surface area contributed by atoms with E-state index in [4.69, 9.17) is 10.8 Å². The van der Waals surface area contributed by atoms with Crippen LogP contribution in [0.15, 0.2) is 12.3 Å². The number of carboxylic acid groups (broad SMARTS) is 1. The second-order valence-corrected chi connectivity index (χ2v) is 4.41. The maximum atomic E-state index is 12.5. The van der Waals surface area contributed by atoms with Gasteiger partial charge in [0.2, 0.25) is 0 Å². The molecule has 1 aromatic rings. The molecule has 1 aliphatic carbocycles. The Morgan fingerprint density at radius 3 is 2.63 bits per heavy atom. The Bertz CT molecular complexity index is 500. The highest BCUT2D eigenvalue weighted by molar-refractivity contribution is 5.94. The van der Waals surface area contributed by atoms with Gasteiger partial charge in [-0.15, -0.1) is 0 Å². The van der Waals surface area contributed by atoms with Crippen molar-refractivity contribution in [3.63, 3.8) is 0 Å². The summed E-state index contributed by atoms with van der Waals surface area (Å²) in [5.74, 6) is -1.30. The number of nitrogen functional groups attached to an aromatic ring is 1. The van der Waals surface area contributed by atoms with E-state index in [-0.39, 0.29) is 23.1 Å². The molecule has 0 unspecified atom stereocenters. The number of pyridine rings is 1. The van der Waals surface area contributed by atoms with Crippen LogP contribution in [0.4, 0.5) is 24.7 Å². The average molecular weight is 275 g/mol. The molecule has 1 aliphatic rings. The van der Waals surface area contributed by atoms with Gasteiger partial charge in [0, 0.05) is 6.04 Å². The molecule has 2 rings (SSSR count). The zero-order chi connectivity index (χ0) is 14.2. The lowest BCUT2D eigenvalue weighted by Crippen LogP contribution is -2.36. The SMILES string of the molecule is Nc1cnc(N(CC(F)(F)F)C2CC2)cc1C(=O)O. The van der Waals surface area contributed by atoms with Gasteiger partial charge in [-0.3, -0.25) is 0 Å². The molecule has 0 amide bonds. The van der Waals surface area contributed by atoms with Crippen LogP contribution >= 0.6 is 0 Å². The van der Waals surface area contributed by atoms with Gasteiger partial charge in [0.1, 0.15) is 12.4 Å². The summed E-state index contributed by atoms with van der Waals surface area (Å²) in [6, 6.07) is 0.848.